The minimum Gasteiger partial charge on any atom is -0.480 e. The first-order valence-corrected chi connectivity index (χ1v) is 5.08. The molecule has 9 nitrogen and oxygen atoms in total. The van der Waals surface area contributed by atoms with Gasteiger partial charge in [0.25, 0.3) is 0 Å². The number of nitrogens with one attached hydrogen (secondary N) is 1. The number of hydrogen-bond donors (Lipinski definition) is 2. The Balaban J connectivity index is 2.42. The molecule has 98 valence electrons. The van der Waals surface area contributed by atoms with Gasteiger partial charge in [-0.1, -0.05) is 0 Å². The molecule has 0 aliphatic rings. The maximum Gasteiger partial charge on any atom is 0.381 e. The normalized spacial score (nSPS) is 11.8. The molecule has 0 bridgehead atoms. The molecule has 1 heterocycles. The van der Waals surface area contributed by atoms with Gasteiger partial charge in [-0.05, 0) is 16.8 Å². The van der Waals surface area contributed by atoms with Gasteiger partial charge in [0.1, 0.15) is 12.2 Å². The number of carbonyl (C=O) groups is 2. The number of carboxylic acids is 1. The molecule has 0 unspecified atom stereocenters. The first kappa shape index (κ1) is 13.6. The predicted molar refractivity (Wildman–Crippen MR) is 58.7 cm³/mol. The van der Waals surface area contributed by atoms with Gasteiger partial charge >= 0.3 is 11.8 Å². The van der Waals surface area contributed by atoms with Crippen LogP contribution in [0.5, 0.6) is 0 Å². The lowest BCUT2D eigenvalue weighted by Gasteiger charge is -2.08. The third-order valence-electron chi connectivity index (χ3n) is 2.15. The smallest absolute Gasteiger partial charge is 0.381 e. The quantitative estimate of drug-likeness (QED) is 0.534. The molecule has 1 rings (SSSR count). The van der Waals surface area contributed by atoms with Gasteiger partial charge in [0.05, 0.1) is 0 Å². The molecule has 0 fully saturated rings. The number of hydrogen-bond acceptors (Lipinski definition) is 5. The molecule has 1 aromatic rings. The monoisotopic (exact) mass is 256 g/mol. The maximum atomic E-state index is 11.3. The van der Waals surface area contributed by atoms with Crippen LogP contribution in [-0.2, 0) is 16.1 Å². The standard InChI is InChI=1S/C9H12N4O5/c1-6(9(15)16)11-8(14)2-3-12-4-7(10-5-12)13(17)18/h4-6H,2-3H2,1H3,(H,11,14)(H,15,16)/t6-/m1/s1. The van der Waals surface area contributed by atoms with Gasteiger partial charge in [0.15, 0.2) is 0 Å². The Morgan fingerprint density at radius 3 is 2.83 bits per heavy atom. The summed E-state index contributed by atoms with van der Waals surface area (Å²) in [6.07, 6.45) is 2.46. The van der Waals surface area contributed by atoms with Crippen LogP contribution in [0.2, 0.25) is 0 Å². The van der Waals surface area contributed by atoms with Crippen molar-refractivity contribution < 1.29 is 19.6 Å². The molecule has 1 amide bonds. The number of carbonyl (C=O) groups excluding carboxylic acids is 1. The predicted octanol–water partition coefficient (Wildman–Crippen LogP) is -0.229. The average molecular weight is 256 g/mol. The van der Waals surface area contributed by atoms with Crippen molar-refractivity contribution >= 4 is 17.7 Å². The summed E-state index contributed by atoms with van der Waals surface area (Å²) in [5, 5.41) is 21.2. The van der Waals surface area contributed by atoms with Crippen LogP contribution in [0.15, 0.2) is 12.5 Å². The van der Waals surface area contributed by atoms with E-state index >= 15 is 0 Å². The first-order chi connectivity index (χ1) is 8.40. The van der Waals surface area contributed by atoms with Crippen molar-refractivity contribution in [3.05, 3.63) is 22.6 Å². The van der Waals surface area contributed by atoms with Crippen LogP contribution in [-0.4, -0.2) is 37.5 Å². The zero-order chi connectivity index (χ0) is 13.7. The molecule has 2 N–H and O–H groups in total. The minimum absolute atomic E-state index is 0.0190. The second-order valence-electron chi connectivity index (χ2n) is 3.60. The van der Waals surface area contributed by atoms with Gasteiger partial charge in [0.2, 0.25) is 12.2 Å². The summed E-state index contributed by atoms with van der Waals surface area (Å²) in [7, 11) is 0. The van der Waals surface area contributed by atoms with Crippen LogP contribution in [0.25, 0.3) is 0 Å². The molecule has 0 radical (unpaired) electrons. The summed E-state index contributed by atoms with van der Waals surface area (Å²) in [6, 6.07) is -0.963. The Morgan fingerprint density at radius 1 is 1.67 bits per heavy atom. The molecular formula is C9H12N4O5. The number of aryl methyl sites for hydroxylation is 1. The van der Waals surface area contributed by atoms with Crippen molar-refractivity contribution in [1.82, 2.24) is 14.9 Å². The Labute approximate surface area is 102 Å². The Hall–Kier alpha value is -2.45. The lowest BCUT2D eigenvalue weighted by molar-refractivity contribution is -0.389. The summed E-state index contributed by atoms with van der Waals surface area (Å²) in [6.45, 7) is 1.54. The van der Waals surface area contributed by atoms with Crippen LogP contribution < -0.4 is 5.32 Å². The fourth-order valence-corrected chi connectivity index (χ4v) is 1.17. The van der Waals surface area contributed by atoms with E-state index in [9.17, 15) is 19.7 Å². The van der Waals surface area contributed by atoms with Crippen LogP contribution >= 0.6 is 0 Å². The zero-order valence-corrected chi connectivity index (χ0v) is 9.57. The zero-order valence-electron chi connectivity index (χ0n) is 9.57. The second kappa shape index (κ2) is 5.75. The van der Waals surface area contributed by atoms with E-state index in [4.69, 9.17) is 5.11 Å². The number of nitrogens with zero attached hydrogens (tertiary/aromatic N) is 3. The molecule has 0 spiro atoms. The average Bonchev–Trinajstić information content (AvgIpc) is 2.74. The third-order valence-corrected chi connectivity index (χ3v) is 2.15. The van der Waals surface area contributed by atoms with Gasteiger partial charge < -0.3 is 25.1 Å². The van der Waals surface area contributed by atoms with E-state index in [0.717, 1.165) is 0 Å². The van der Waals surface area contributed by atoms with E-state index in [1.54, 1.807) is 0 Å². The molecule has 0 saturated carbocycles. The van der Waals surface area contributed by atoms with Crippen molar-refractivity contribution in [3.63, 3.8) is 0 Å². The summed E-state index contributed by atoms with van der Waals surface area (Å²) in [5.74, 6) is -1.86. The largest absolute Gasteiger partial charge is 0.480 e. The highest BCUT2D eigenvalue weighted by Crippen LogP contribution is 2.05. The van der Waals surface area contributed by atoms with Gasteiger partial charge in [-0.3, -0.25) is 9.59 Å². The number of nitro groups is 1. The maximum absolute atomic E-state index is 11.3. The van der Waals surface area contributed by atoms with Crippen molar-refractivity contribution in [2.75, 3.05) is 0 Å². The van der Waals surface area contributed by atoms with Crippen LogP contribution in [0.3, 0.4) is 0 Å². The molecular weight excluding hydrogens is 244 g/mol. The highest BCUT2D eigenvalue weighted by atomic mass is 16.6. The topological polar surface area (TPSA) is 127 Å². The Morgan fingerprint density at radius 2 is 2.33 bits per heavy atom. The van der Waals surface area contributed by atoms with Crippen molar-refractivity contribution in [2.45, 2.75) is 25.9 Å². The highest BCUT2D eigenvalue weighted by molar-refractivity contribution is 5.83. The number of carboxylic acid groups (broad SMARTS) is 1. The Bertz CT molecular complexity index is 469. The summed E-state index contributed by atoms with van der Waals surface area (Å²) >= 11 is 0. The van der Waals surface area contributed by atoms with Gasteiger partial charge in [0, 0.05) is 13.0 Å². The summed E-state index contributed by atoms with van der Waals surface area (Å²) < 4.78 is 1.39. The Kier molecular flexibility index (Phi) is 4.35. The van der Waals surface area contributed by atoms with E-state index in [-0.39, 0.29) is 18.8 Å². The lowest BCUT2D eigenvalue weighted by Crippen LogP contribution is -2.38. The fraction of sp³-hybridized carbons (Fsp3) is 0.444. The van der Waals surface area contributed by atoms with Crippen molar-refractivity contribution in [1.29, 1.82) is 0 Å². The van der Waals surface area contributed by atoms with Crippen LogP contribution in [0.4, 0.5) is 5.82 Å². The van der Waals surface area contributed by atoms with E-state index in [2.05, 4.69) is 10.3 Å². The molecule has 1 atom stereocenters. The molecule has 9 heteroatoms. The lowest BCUT2D eigenvalue weighted by atomic mass is 10.3. The number of amides is 1. The number of rotatable bonds is 6. The van der Waals surface area contributed by atoms with Gasteiger partial charge in [-0.25, -0.2) is 0 Å². The molecule has 1 aromatic heterocycles. The van der Waals surface area contributed by atoms with Crippen molar-refractivity contribution in [3.8, 4) is 0 Å². The number of aromatic nitrogens is 2. The SMILES string of the molecule is C[C@@H](NC(=O)CCn1cnc([N+](=O)[O-])c1)C(=O)O. The third kappa shape index (κ3) is 3.85. The number of aliphatic carboxylic acids is 1. The van der Waals surface area contributed by atoms with Crippen molar-refractivity contribution in [2.24, 2.45) is 0 Å². The van der Waals surface area contributed by atoms with E-state index in [0.29, 0.717) is 0 Å². The van der Waals surface area contributed by atoms with E-state index < -0.39 is 22.8 Å². The minimum atomic E-state index is -1.12. The summed E-state index contributed by atoms with van der Waals surface area (Å²) in [5.41, 5.74) is 0. The highest BCUT2D eigenvalue weighted by Gasteiger charge is 2.14. The summed E-state index contributed by atoms with van der Waals surface area (Å²) in [4.78, 5) is 35.1. The fourth-order valence-electron chi connectivity index (χ4n) is 1.17. The molecule has 0 aromatic carbocycles. The first-order valence-electron chi connectivity index (χ1n) is 5.08. The van der Waals surface area contributed by atoms with E-state index in [1.165, 1.54) is 24.0 Å². The van der Waals surface area contributed by atoms with Crippen LogP contribution in [0, 0.1) is 10.1 Å². The van der Waals surface area contributed by atoms with Crippen LogP contribution in [0.1, 0.15) is 13.3 Å². The van der Waals surface area contributed by atoms with Gasteiger partial charge in [-0.15, -0.1) is 0 Å². The van der Waals surface area contributed by atoms with E-state index in [1.807, 2.05) is 0 Å². The molecule has 0 saturated heterocycles. The second-order valence-corrected chi connectivity index (χ2v) is 3.60. The molecule has 18 heavy (non-hydrogen) atoms. The van der Waals surface area contributed by atoms with Gasteiger partial charge in [-0.2, -0.15) is 0 Å². The molecule has 0 aliphatic heterocycles. The molecule has 0 aliphatic carbocycles. The number of imidazole rings is 1.